The van der Waals surface area contributed by atoms with Crippen molar-refractivity contribution in [3.05, 3.63) is 22.8 Å². The summed E-state index contributed by atoms with van der Waals surface area (Å²) in [7, 11) is 0. The molecule has 0 bridgehead atoms. The SMILES string of the molecule is NC(=O)c1c(N)[nH]c2ccc(Cl)nc12. The summed E-state index contributed by atoms with van der Waals surface area (Å²) in [4.78, 5) is 17.8. The second kappa shape index (κ2) is 2.88. The van der Waals surface area contributed by atoms with Crippen LogP contribution in [0.5, 0.6) is 0 Å². The van der Waals surface area contributed by atoms with Crippen LogP contribution < -0.4 is 11.5 Å². The number of nitrogen functional groups attached to an aromatic ring is 1. The third-order valence-electron chi connectivity index (χ3n) is 1.88. The summed E-state index contributed by atoms with van der Waals surface area (Å²) in [6, 6.07) is 3.29. The zero-order chi connectivity index (χ0) is 10.3. The Kier molecular flexibility index (Phi) is 1.82. The molecule has 1 amide bonds. The topological polar surface area (TPSA) is 97.8 Å². The first kappa shape index (κ1) is 8.83. The minimum absolute atomic E-state index is 0.183. The normalized spacial score (nSPS) is 10.6. The summed E-state index contributed by atoms with van der Waals surface area (Å²) in [5.41, 5.74) is 11.9. The lowest BCUT2D eigenvalue weighted by molar-refractivity contribution is 0.100. The second-order valence-corrected chi connectivity index (χ2v) is 3.20. The van der Waals surface area contributed by atoms with Crippen molar-refractivity contribution in [2.45, 2.75) is 0 Å². The number of aromatic amines is 1. The molecule has 0 aliphatic carbocycles. The van der Waals surface area contributed by atoms with Crippen LogP contribution in [0, 0.1) is 0 Å². The zero-order valence-electron chi connectivity index (χ0n) is 7.04. The van der Waals surface area contributed by atoms with Gasteiger partial charge in [-0.1, -0.05) is 11.6 Å². The van der Waals surface area contributed by atoms with E-state index in [0.29, 0.717) is 16.2 Å². The third kappa shape index (κ3) is 1.18. The number of H-pyrrole nitrogens is 1. The Morgan fingerprint density at radius 1 is 1.50 bits per heavy atom. The minimum Gasteiger partial charge on any atom is -0.385 e. The molecule has 2 heterocycles. The summed E-state index contributed by atoms with van der Waals surface area (Å²) >= 11 is 5.69. The van der Waals surface area contributed by atoms with Gasteiger partial charge in [0.15, 0.2) is 0 Å². The highest BCUT2D eigenvalue weighted by Gasteiger charge is 2.15. The molecule has 72 valence electrons. The number of hydrogen-bond acceptors (Lipinski definition) is 3. The maximum Gasteiger partial charge on any atom is 0.254 e. The number of nitrogens with one attached hydrogen (secondary N) is 1. The lowest BCUT2D eigenvalue weighted by Crippen LogP contribution is -2.12. The number of aromatic nitrogens is 2. The van der Waals surface area contributed by atoms with E-state index in [1.54, 1.807) is 12.1 Å². The maximum absolute atomic E-state index is 11.0. The molecule has 2 rings (SSSR count). The fourth-order valence-electron chi connectivity index (χ4n) is 1.31. The van der Waals surface area contributed by atoms with E-state index >= 15 is 0 Å². The van der Waals surface area contributed by atoms with E-state index in [9.17, 15) is 4.79 Å². The Hall–Kier alpha value is -1.75. The van der Waals surface area contributed by atoms with E-state index in [1.807, 2.05) is 0 Å². The lowest BCUT2D eigenvalue weighted by atomic mass is 10.2. The van der Waals surface area contributed by atoms with Crippen LogP contribution in [0.1, 0.15) is 10.4 Å². The molecular formula is C8H7ClN4O. The number of fused-ring (bicyclic) bond motifs is 1. The molecule has 0 atom stereocenters. The summed E-state index contributed by atoms with van der Waals surface area (Å²) < 4.78 is 0. The number of nitrogens with two attached hydrogens (primary N) is 2. The molecule has 0 aromatic carbocycles. The smallest absolute Gasteiger partial charge is 0.254 e. The van der Waals surface area contributed by atoms with Gasteiger partial charge in [-0.3, -0.25) is 4.79 Å². The number of primary amides is 1. The summed E-state index contributed by atoms with van der Waals surface area (Å²) in [6.07, 6.45) is 0. The molecule has 0 radical (unpaired) electrons. The van der Waals surface area contributed by atoms with Crippen molar-refractivity contribution in [3.63, 3.8) is 0 Å². The monoisotopic (exact) mass is 210 g/mol. The highest BCUT2D eigenvalue weighted by molar-refractivity contribution is 6.30. The Morgan fingerprint density at radius 2 is 2.21 bits per heavy atom. The summed E-state index contributed by atoms with van der Waals surface area (Å²) in [6.45, 7) is 0. The van der Waals surface area contributed by atoms with Crippen LogP contribution in [-0.2, 0) is 0 Å². The van der Waals surface area contributed by atoms with Crippen LogP contribution in [0.4, 0.5) is 5.82 Å². The molecule has 6 heteroatoms. The fourth-order valence-corrected chi connectivity index (χ4v) is 1.46. The van der Waals surface area contributed by atoms with Crippen LogP contribution in [0.2, 0.25) is 5.15 Å². The first-order valence-electron chi connectivity index (χ1n) is 3.83. The van der Waals surface area contributed by atoms with Gasteiger partial charge in [0, 0.05) is 0 Å². The highest BCUT2D eigenvalue weighted by Crippen LogP contribution is 2.23. The van der Waals surface area contributed by atoms with Crippen molar-refractivity contribution in [2.24, 2.45) is 5.73 Å². The maximum atomic E-state index is 11.0. The van der Waals surface area contributed by atoms with E-state index in [-0.39, 0.29) is 11.4 Å². The molecular weight excluding hydrogens is 204 g/mol. The average molecular weight is 211 g/mol. The lowest BCUT2D eigenvalue weighted by Gasteiger charge is -1.93. The van der Waals surface area contributed by atoms with Gasteiger partial charge in [0.25, 0.3) is 5.91 Å². The minimum atomic E-state index is -0.622. The Morgan fingerprint density at radius 3 is 2.86 bits per heavy atom. The molecule has 0 fully saturated rings. The van der Waals surface area contributed by atoms with Crippen LogP contribution >= 0.6 is 11.6 Å². The van der Waals surface area contributed by atoms with Crippen molar-refractivity contribution < 1.29 is 4.79 Å². The molecule has 0 unspecified atom stereocenters. The van der Waals surface area contributed by atoms with E-state index in [4.69, 9.17) is 23.1 Å². The number of rotatable bonds is 1. The fraction of sp³-hybridized carbons (Fsp3) is 0. The Labute approximate surface area is 84.1 Å². The Balaban J connectivity index is 2.86. The molecule has 0 aliphatic rings. The van der Waals surface area contributed by atoms with Gasteiger partial charge in [-0.15, -0.1) is 0 Å². The van der Waals surface area contributed by atoms with Crippen molar-refractivity contribution in [1.29, 1.82) is 0 Å². The van der Waals surface area contributed by atoms with Gasteiger partial charge in [-0.25, -0.2) is 4.98 Å². The quantitative estimate of drug-likeness (QED) is 0.610. The molecule has 5 nitrogen and oxygen atoms in total. The van der Waals surface area contributed by atoms with Gasteiger partial charge in [0.2, 0.25) is 0 Å². The molecule has 14 heavy (non-hydrogen) atoms. The number of pyridine rings is 1. The number of amides is 1. The van der Waals surface area contributed by atoms with Crippen LogP contribution in [0.25, 0.3) is 11.0 Å². The predicted molar refractivity (Wildman–Crippen MR) is 54.0 cm³/mol. The number of anilines is 1. The number of halogens is 1. The van der Waals surface area contributed by atoms with E-state index < -0.39 is 5.91 Å². The summed E-state index contributed by atoms with van der Waals surface area (Å²) in [5, 5.41) is 0.291. The third-order valence-corrected chi connectivity index (χ3v) is 2.09. The number of hydrogen-bond donors (Lipinski definition) is 3. The zero-order valence-corrected chi connectivity index (χ0v) is 7.80. The first-order valence-corrected chi connectivity index (χ1v) is 4.21. The van der Waals surface area contributed by atoms with Crippen LogP contribution in [0.3, 0.4) is 0 Å². The molecule has 0 aliphatic heterocycles. The predicted octanol–water partition coefficient (Wildman–Crippen LogP) is 0.897. The van der Waals surface area contributed by atoms with Crippen molar-refractivity contribution >= 4 is 34.4 Å². The van der Waals surface area contributed by atoms with Gasteiger partial charge < -0.3 is 16.5 Å². The summed E-state index contributed by atoms with van der Waals surface area (Å²) in [5.74, 6) is -0.411. The van der Waals surface area contributed by atoms with E-state index in [1.165, 1.54) is 0 Å². The van der Waals surface area contributed by atoms with Crippen molar-refractivity contribution in [1.82, 2.24) is 9.97 Å². The van der Waals surface area contributed by atoms with Gasteiger partial charge in [-0.05, 0) is 12.1 Å². The van der Waals surface area contributed by atoms with Gasteiger partial charge >= 0.3 is 0 Å². The van der Waals surface area contributed by atoms with Crippen molar-refractivity contribution in [2.75, 3.05) is 5.73 Å². The molecule has 2 aromatic rings. The highest BCUT2D eigenvalue weighted by atomic mass is 35.5. The van der Waals surface area contributed by atoms with Gasteiger partial charge in [-0.2, -0.15) is 0 Å². The van der Waals surface area contributed by atoms with E-state index in [2.05, 4.69) is 9.97 Å². The molecule has 0 saturated carbocycles. The van der Waals surface area contributed by atoms with Crippen LogP contribution in [0.15, 0.2) is 12.1 Å². The van der Waals surface area contributed by atoms with Gasteiger partial charge in [0.05, 0.1) is 5.52 Å². The van der Waals surface area contributed by atoms with Crippen molar-refractivity contribution in [3.8, 4) is 0 Å². The van der Waals surface area contributed by atoms with E-state index in [0.717, 1.165) is 0 Å². The van der Waals surface area contributed by atoms with Gasteiger partial charge in [0.1, 0.15) is 22.1 Å². The Bertz CT molecular complexity index is 519. The molecule has 2 aromatic heterocycles. The number of nitrogens with zero attached hydrogens (tertiary/aromatic N) is 1. The standard InChI is InChI=1S/C8H7ClN4O/c9-4-2-1-3-6(13-4)5(8(11)14)7(10)12-3/h1-2,12H,10H2,(H2,11,14). The van der Waals surface area contributed by atoms with Crippen LogP contribution in [-0.4, -0.2) is 15.9 Å². The largest absolute Gasteiger partial charge is 0.385 e. The number of carbonyl (C=O) groups is 1. The average Bonchev–Trinajstić information content (AvgIpc) is 2.40. The second-order valence-electron chi connectivity index (χ2n) is 2.81. The molecule has 5 N–H and O–H groups in total. The first-order chi connectivity index (χ1) is 6.59. The molecule has 0 saturated heterocycles. The number of carbonyl (C=O) groups excluding carboxylic acids is 1. The molecule has 0 spiro atoms.